The Kier molecular flexibility index (Phi) is 6.04. The van der Waals surface area contributed by atoms with E-state index in [1.165, 1.54) is 61.3 Å². The predicted octanol–water partition coefficient (Wildman–Crippen LogP) is 6.84. The fourth-order valence-electron chi connectivity index (χ4n) is 5.62. The summed E-state index contributed by atoms with van der Waals surface area (Å²) in [7, 11) is 0. The fraction of sp³-hybridized carbons (Fsp3) is 0.577. The molecular weight excluding hydrogens is 344 g/mol. The smallest absolute Gasteiger partial charge is 0.313 e. The van der Waals surface area contributed by atoms with Gasteiger partial charge in [-0.1, -0.05) is 87.9 Å². The van der Waals surface area contributed by atoms with Gasteiger partial charge in [0.25, 0.3) is 0 Å². The number of unbranched alkanes of at least 4 members (excludes halogenated alkanes) is 5. The van der Waals surface area contributed by atoms with Gasteiger partial charge in [-0.25, -0.2) is 0 Å². The molecule has 2 aliphatic rings. The third kappa shape index (κ3) is 3.83. The summed E-state index contributed by atoms with van der Waals surface area (Å²) in [5, 5.41) is 2.53. The molecule has 0 N–H and O–H groups in total. The molecular formula is C26H34O2. The lowest BCUT2D eigenvalue weighted by molar-refractivity contribution is -0.149. The van der Waals surface area contributed by atoms with Crippen molar-refractivity contribution < 1.29 is 9.53 Å². The second-order valence-electron chi connectivity index (χ2n) is 9.01. The van der Waals surface area contributed by atoms with Crippen LogP contribution in [0.5, 0.6) is 0 Å². The normalized spacial score (nSPS) is 26.5. The van der Waals surface area contributed by atoms with Gasteiger partial charge in [0.2, 0.25) is 0 Å². The summed E-state index contributed by atoms with van der Waals surface area (Å²) in [6.45, 7) is 2.26. The van der Waals surface area contributed by atoms with Crippen molar-refractivity contribution in [1.29, 1.82) is 0 Å². The second-order valence-corrected chi connectivity index (χ2v) is 9.01. The lowest BCUT2D eigenvalue weighted by atomic mass is 9.72. The molecule has 1 aliphatic heterocycles. The molecule has 1 saturated carbocycles. The monoisotopic (exact) mass is 378 g/mol. The molecule has 0 radical (unpaired) electrons. The van der Waals surface area contributed by atoms with Crippen molar-refractivity contribution in [2.24, 2.45) is 11.3 Å². The van der Waals surface area contributed by atoms with E-state index in [1.807, 2.05) is 0 Å². The lowest BCUT2D eigenvalue weighted by Gasteiger charge is -2.26. The number of benzene rings is 2. The number of esters is 1. The number of cyclic esters (lactones) is 1. The number of hydrogen-bond donors (Lipinski definition) is 0. The largest absolute Gasteiger partial charge is 0.462 e. The molecule has 2 aromatic carbocycles. The van der Waals surface area contributed by atoms with Crippen molar-refractivity contribution in [3.63, 3.8) is 0 Å². The standard InChI is InChI=1S/C26H34O2/c1-2-3-4-5-6-7-14-24-23-13-10-17-26(23,25(27)28-24)19-20-15-16-21-11-8-9-12-22(21)18-20/h8-9,11-12,15-16,18,23-24H,2-7,10,13-14,17,19H2,1H3/t23-,24-,26+/m0/s1. The van der Waals surface area contributed by atoms with Crippen LogP contribution in [0.1, 0.15) is 76.7 Å². The average Bonchev–Trinajstić information content (AvgIpc) is 3.23. The van der Waals surface area contributed by atoms with E-state index in [0.717, 1.165) is 25.7 Å². The van der Waals surface area contributed by atoms with Crippen LogP contribution in [0.15, 0.2) is 42.5 Å². The van der Waals surface area contributed by atoms with Crippen LogP contribution < -0.4 is 0 Å². The number of carbonyl (C=O) groups excluding carboxylic acids is 1. The first-order valence-corrected chi connectivity index (χ1v) is 11.4. The van der Waals surface area contributed by atoms with Crippen molar-refractivity contribution in [3.8, 4) is 0 Å². The maximum atomic E-state index is 13.0. The van der Waals surface area contributed by atoms with Crippen LogP contribution in [0, 0.1) is 11.3 Å². The summed E-state index contributed by atoms with van der Waals surface area (Å²) in [6, 6.07) is 15.2. The van der Waals surface area contributed by atoms with E-state index >= 15 is 0 Å². The van der Waals surface area contributed by atoms with Gasteiger partial charge in [-0.2, -0.15) is 0 Å². The number of ether oxygens (including phenoxy) is 1. The van der Waals surface area contributed by atoms with Crippen molar-refractivity contribution in [3.05, 3.63) is 48.0 Å². The minimum Gasteiger partial charge on any atom is -0.462 e. The highest BCUT2D eigenvalue weighted by atomic mass is 16.6. The van der Waals surface area contributed by atoms with E-state index in [1.54, 1.807) is 0 Å². The van der Waals surface area contributed by atoms with E-state index in [0.29, 0.717) is 5.92 Å². The Morgan fingerprint density at radius 2 is 1.79 bits per heavy atom. The molecule has 2 aromatic rings. The quantitative estimate of drug-likeness (QED) is 0.352. The summed E-state index contributed by atoms with van der Waals surface area (Å²) < 4.78 is 5.98. The SMILES string of the molecule is CCCCCCCC[C@@H]1OC(=O)[C@@]2(Cc3ccc4ccccc4c3)CCC[C@@H]12. The zero-order chi connectivity index (χ0) is 19.4. The zero-order valence-electron chi connectivity index (χ0n) is 17.3. The highest BCUT2D eigenvalue weighted by molar-refractivity contribution is 5.84. The number of fused-ring (bicyclic) bond motifs is 2. The Morgan fingerprint density at radius 3 is 2.64 bits per heavy atom. The fourth-order valence-corrected chi connectivity index (χ4v) is 5.62. The summed E-state index contributed by atoms with van der Waals surface area (Å²) in [5.41, 5.74) is 1.01. The molecule has 0 bridgehead atoms. The van der Waals surface area contributed by atoms with Gasteiger partial charge in [0.05, 0.1) is 5.41 Å². The topological polar surface area (TPSA) is 26.3 Å². The summed E-state index contributed by atoms with van der Waals surface area (Å²) in [6.07, 6.45) is 13.1. The first-order chi connectivity index (χ1) is 13.7. The maximum absolute atomic E-state index is 13.0. The van der Waals surface area contributed by atoms with Gasteiger partial charge in [0.15, 0.2) is 0 Å². The highest BCUT2D eigenvalue weighted by Gasteiger charge is 2.58. The Morgan fingerprint density at radius 1 is 1.00 bits per heavy atom. The Labute approximate surface area is 169 Å². The van der Waals surface area contributed by atoms with Gasteiger partial charge in [-0.15, -0.1) is 0 Å². The van der Waals surface area contributed by atoms with Crippen LogP contribution in [-0.4, -0.2) is 12.1 Å². The van der Waals surface area contributed by atoms with Crippen LogP contribution in [0.2, 0.25) is 0 Å². The molecule has 28 heavy (non-hydrogen) atoms. The zero-order valence-corrected chi connectivity index (χ0v) is 17.3. The van der Waals surface area contributed by atoms with Crippen LogP contribution in [-0.2, 0) is 16.0 Å². The van der Waals surface area contributed by atoms with Gasteiger partial charge in [-0.05, 0) is 48.4 Å². The third-order valence-electron chi connectivity index (χ3n) is 7.14. The minimum absolute atomic E-state index is 0.0825. The lowest BCUT2D eigenvalue weighted by Crippen LogP contribution is -2.32. The Balaban J connectivity index is 1.42. The molecule has 1 saturated heterocycles. The van der Waals surface area contributed by atoms with E-state index in [4.69, 9.17) is 4.74 Å². The van der Waals surface area contributed by atoms with Gasteiger partial charge < -0.3 is 4.74 Å². The molecule has 3 atom stereocenters. The van der Waals surface area contributed by atoms with Crippen molar-refractivity contribution in [2.45, 2.75) is 83.7 Å². The van der Waals surface area contributed by atoms with Gasteiger partial charge in [0, 0.05) is 5.92 Å². The highest BCUT2D eigenvalue weighted by Crippen LogP contribution is 2.54. The summed E-state index contributed by atoms with van der Waals surface area (Å²) >= 11 is 0. The number of carbonyl (C=O) groups is 1. The average molecular weight is 379 g/mol. The van der Waals surface area contributed by atoms with E-state index in [9.17, 15) is 4.79 Å². The second kappa shape index (κ2) is 8.68. The molecule has 2 fully saturated rings. The van der Waals surface area contributed by atoms with Gasteiger partial charge >= 0.3 is 5.97 Å². The first-order valence-electron chi connectivity index (χ1n) is 11.4. The van der Waals surface area contributed by atoms with Gasteiger partial charge in [-0.3, -0.25) is 4.79 Å². The number of rotatable bonds is 9. The molecule has 0 spiro atoms. The molecule has 1 heterocycles. The molecule has 0 aromatic heterocycles. The molecule has 0 unspecified atom stereocenters. The molecule has 0 amide bonds. The first kappa shape index (κ1) is 19.5. The van der Waals surface area contributed by atoms with Crippen molar-refractivity contribution in [2.75, 3.05) is 0 Å². The maximum Gasteiger partial charge on any atom is 0.313 e. The molecule has 2 nitrogen and oxygen atoms in total. The predicted molar refractivity (Wildman–Crippen MR) is 115 cm³/mol. The molecule has 2 heteroatoms. The minimum atomic E-state index is -0.269. The van der Waals surface area contributed by atoms with E-state index < -0.39 is 0 Å². The summed E-state index contributed by atoms with van der Waals surface area (Å²) in [5.74, 6) is 0.501. The van der Waals surface area contributed by atoms with Crippen molar-refractivity contribution >= 4 is 16.7 Å². The third-order valence-corrected chi connectivity index (χ3v) is 7.14. The van der Waals surface area contributed by atoms with Crippen molar-refractivity contribution in [1.82, 2.24) is 0 Å². The van der Waals surface area contributed by atoms with Crippen LogP contribution in [0.25, 0.3) is 10.8 Å². The van der Waals surface area contributed by atoms with Gasteiger partial charge in [0.1, 0.15) is 6.10 Å². The molecule has 150 valence electrons. The summed E-state index contributed by atoms with van der Waals surface area (Å²) in [4.78, 5) is 13.0. The molecule has 1 aliphatic carbocycles. The van der Waals surface area contributed by atoms with E-state index in [-0.39, 0.29) is 17.5 Å². The number of hydrogen-bond acceptors (Lipinski definition) is 2. The van der Waals surface area contributed by atoms with Crippen LogP contribution in [0.4, 0.5) is 0 Å². The van der Waals surface area contributed by atoms with E-state index in [2.05, 4.69) is 49.4 Å². The molecule has 4 rings (SSSR count). The van der Waals surface area contributed by atoms with Crippen LogP contribution >= 0.6 is 0 Å². The van der Waals surface area contributed by atoms with Crippen LogP contribution in [0.3, 0.4) is 0 Å². The Bertz CT molecular complexity index is 811. The Hall–Kier alpha value is -1.83.